The Morgan fingerprint density at radius 1 is 1.41 bits per heavy atom. The number of carbonyl (C=O) groups excluding carboxylic acids is 1. The first-order valence-corrected chi connectivity index (χ1v) is 5.92. The maximum absolute atomic E-state index is 11.2. The van der Waals surface area contributed by atoms with Crippen molar-refractivity contribution in [3.05, 3.63) is 0 Å². The van der Waals surface area contributed by atoms with Gasteiger partial charge in [0.1, 0.15) is 12.2 Å². The second kappa shape index (κ2) is 6.63. The van der Waals surface area contributed by atoms with Gasteiger partial charge in [-0.3, -0.25) is 0 Å². The second-order valence-electron chi connectivity index (χ2n) is 4.91. The molecule has 1 fully saturated rings. The zero-order chi connectivity index (χ0) is 12.7. The van der Waals surface area contributed by atoms with E-state index in [1.807, 2.05) is 0 Å². The molecule has 17 heavy (non-hydrogen) atoms. The molecule has 0 N–H and O–H groups in total. The van der Waals surface area contributed by atoms with Crippen molar-refractivity contribution in [1.82, 2.24) is 0 Å². The summed E-state index contributed by atoms with van der Waals surface area (Å²) in [7, 11) is 0. The van der Waals surface area contributed by atoms with Crippen LogP contribution in [0.1, 0.15) is 40.0 Å². The van der Waals surface area contributed by atoms with Gasteiger partial charge in [-0.15, -0.1) is 0 Å². The van der Waals surface area contributed by atoms with E-state index in [2.05, 4.69) is 11.8 Å². The topological polar surface area (TPSA) is 44.8 Å². The molecule has 4 nitrogen and oxygen atoms in total. The van der Waals surface area contributed by atoms with E-state index in [0.29, 0.717) is 0 Å². The van der Waals surface area contributed by atoms with Crippen LogP contribution in [-0.2, 0) is 19.0 Å². The smallest absolute Gasteiger partial charge is 0.384 e. The highest BCUT2D eigenvalue weighted by atomic mass is 16.7. The molecule has 1 saturated heterocycles. The summed E-state index contributed by atoms with van der Waals surface area (Å²) < 4.78 is 15.7. The molecule has 0 aromatic heterocycles. The predicted molar refractivity (Wildman–Crippen MR) is 63.2 cm³/mol. The maximum Gasteiger partial charge on any atom is 0.384 e. The van der Waals surface area contributed by atoms with E-state index in [-0.39, 0.29) is 12.9 Å². The fourth-order valence-corrected chi connectivity index (χ4v) is 1.39. The van der Waals surface area contributed by atoms with Crippen LogP contribution in [0.15, 0.2) is 0 Å². The summed E-state index contributed by atoms with van der Waals surface area (Å²) in [5.74, 6) is 4.49. The Balaban J connectivity index is 2.19. The molecule has 0 aromatic carbocycles. The van der Waals surface area contributed by atoms with Crippen LogP contribution >= 0.6 is 0 Å². The third-order valence-electron chi connectivity index (χ3n) is 2.07. The molecule has 1 aliphatic heterocycles. The van der Waals surface area contributed by atoms with Gasteiger partial charge in [-0.25, -0.2) is 4.79 Å². The first-order valence-electron chi connectivity index (χ1n) is 5.92. The summed E-state index contributed by atoms with van der Waals surface area (Å²) in [4.78, 5) is 11.2. The number of carbonyl (C=O) groups is 1. The van der Waals surface area contributed by atoms with Gasteiger partial charge in [-0.2, -0.15) is 0 Å². The lowest BCUT2D eigenvalue weighted by Gasteiger charge is -2.21. The van der Waals surface area contributed by atoms with Crippen LogP contribution in [0.3, 0.4) is 0 Å². The molecule has 0 radical (unpaired) electrons. The van der Waals surface area contributed by atoms with Gasteiger partial charge < -0.3 is 14.2 Å². The van der Waals surface area contributed by atoms with Crippen LogP contribution in [0, 0.1) is 11.8 Å². The third-order valence-corrected chi connectivity index (χ3v) is 2.07. The molecule has 0 amide bonds. The van der Waals surface area contributed by atoms with Gasteiger partial charge in [0, 0.05) is 12.5 Å². The van der Waals surface area contributed by atoms with Crippen molar-refractivity contribution in [3.8, 4) is 11.8 Å². The van der Waals surface area contributed by atoms with Crippen LogP contribution in [0.4, 0.5) is 0 Å². The number of hydrogen-bond donors (Lipinski definition) is 0. The maximum atomic E-state index is 11.2. The van der Waals surface area contributed by atoms with Gasteiger partial charge in [0.15, 0.2) is 6.29 Å². The molecule has 0 spiro atoms. The number of ether oxygens (including phenoxy) is 3. The normalized spacial score (nSPS) is 20.3. The van der Waals surface area contributed by atoms with E-state index in [4.69, 9.17) is 14.2 Å². The molecule has 96 valence electrons. The third kappa shape index (κ3) is 6.98. The highest BCUT2D eigenvalue weighted by molar-refractivity contribution is 5.88. The molecule has 4 heteroatoms. The molecule has 0 saturated carbocycles. The fourth-order valence-electron chi connectivity index (χ4n) is 1.39. The van der Waals surface area contributed by atoms with Crippen molar-refractivity contribution >= 4 is 5.97 Å². The minimum Gasteiger partial charge on any atom is -0.450 e. The average molecular weight is 240 g/mol. The number of hydrogen-bond acceptors (Lipinski definition) is 4. The summed E-state index contributed by atoms with van der Waals surface area (Å²) in [5, 5.41) is 0. The van der Waals surface area contributed by atoms with Crippen LogP contribution < -0.4 is 0 Å². The predicted octanol–water partition coefficient (Wildman–Crippen LogP) is 1.87. The minimum atomic E-state index is -0.523. The van der Waals surface area contributed by atoms with Gasteiger partial charge in [0.05, 0.1) is 0 Å². The van der Waals surface area contributed by atoms with Crippen molar-refractivity contribution in [3.63, 3.8) is 0 Å². The largest absolute Gasteiger partial charge is 0.450 e. The van der Waals surface area contributed by atoms with Crippen LogP contribution in [-0.4, -0.2) is 31.1 Å². The lowest BCUT2D eigenvalue weighted by Crippen LogP contribution is -2.23. The van der Waals surface area contributed by atoms with Gasteiger partial charge >= 0.3 is 5.97 Å². The lowest BCUT2D eigenvalue weighted by molar-refractivity contribution is -0.154. The molecular weight excluding hydrogens is 220 g/mol. The van der Waals surface area contributed by atoms with Crippen molar-refractivity contribution in [2.45, 2.75) is 51.9 Å². The highest BCUT2D eigenvalue weighted by Gasteiger charge is 2.15. The molecule has 1 unspecified atom stereocenters. The molecule has 1 atom stereocenters. The van der Waals surface area contributed by atoms with Crippen molar-refractivity contribution < 1.29 is 19.0 Å². The fraction of sp³-hybridized carbons (Fsp3) is 0.769. The van der Waals surface area contributed by atoms with Crippen LogP contribution in [0.2, 0.25) is 0 Å². The van der Waals surface area contributed by atoms with Crippen LogP contribution in [0.25, 0.3) is 0 Å². The number of rotatable bonds is 2. The summed E-state index contributed by atoms with van der Waals surface area (Å²) in [6.07, 6.45) is 2.93. The summed E-state index contributed by atoms with van der Waals surface area (Å²) in [6, 6.07) is 0. The van der Waals surface area contributed by atoms with E-state index in [0.717, 1.165) is 25.9 Å². The summed E-state index contributed by atoms with van der Waals surface area (Å²) in [5.41, 5.74) is -0.501. The lowest BCUT2D eigenvalue weighted by atomic mass is 10.2. The standard InChI is InChI=1S/C13H20O4/c1-13(2,3)17-11(14)7-6-10-16-12-8-4-5-9-15-12/h12H,4-5,8-10H2,1-3H3. The van der Waals surface area contributed by atoms with Crippen molar-refractivity contribution in [1.29, 1.82) is 0 Å². The van der Waals surface area contributed by atoms with Gasteiger partial charge in [0.25, 0.3) is 0 Å². The Morgan fingerprint density at radius 3 is 2.76 bits per heavy atom. The van der Waals surface area contributed by atoms with Gasteiger partial charge in [-0.05, 0) is 40.0 Å². The first-order chi connectivity index (χ1) is 7.97. The Hall–Kier alpha value is -1.05. The molecule has 1 heterocycles. The summed E-state index contributed by atoms with van der Waals surface area (Å²) in [6.45, 7) is 6.35. The Kier molecular flexibility index (Phi) is 5.46. The highest BCUT2D eigenvalue weighted by Crippen LogP contribution is 2.13. The van der Waals surface area contributed by atoms with E-state index in [1.54, 1.807) is 20.8 Å². The van der Waals surface area contributed by atoms with E-state index in [9.17, 15) is 4.79 Å². The minimum absolute atomic E-state index is 0.170. The van der Waals surface area contributed by atoms with Crippen LogP contribution in [0.5, 0.6) is 0 Å². The molecule has 1 aliphatic rings. The average Bonchev–Trinajstić information content (AvgIpc) is 2.23. The Labute approximate surface area is 103 Å². The second-order valence-corrected chi connectivity index (χ2v) is 4.91. The molecular formula is C13H20O4. The molecule has 1 rings (SSSR count). The SMILES string of the molecule is CC(C)(C)OC(=O)C#CCOC1CCCCO1. The van der Waals surface area contributed by atoms with E-state index in [1.165, 1.54) is 0 Å². The molecule has 0 aliphatic carbocycles. The Morgan fingerprint density at radius 2 is 2.18 bits per heavy atom. The van der Waals surface area contributed by atoms with E-state index < -0.39 is 11.6 Å². The quantitative estimate of drug-likeness (QED) is 0.420. The monoisotopic (exact) mass is 240 g/mol. The van der Waals surface area contributed by atoms with Gasteiger partial charge in [-0.1, -0.05) is 5.92 Å². The zero-order valence-electron chi connectivity index (χ0n) is 10.7. The van der Waals surface area contributed by atoms with Gasteiger partial charge in [0.2, 0.25) is 0 Å². The molecule has 0 bridgehead atoms. The van der Waals surface area contributed by atoms with Crippen molar-refractivity contribution in [2.75, 3.05) is 13.2 Å². The Bertz CT molecular complexity index is 300. The first kappa shape index (κ1) is 14.0. The van der Waals surface area contributed by atoms with E-state index >= 15 is 0 Å². The number of esters is 1. The molecule has 0 aromatic rings. The zero-order valence-corrected chi connectivity index (χ0v) is 10.7. The summed E-state index contributed by atoms with van der Waals surface area (Å²) >= 11 is 0. The van der Waals surface area contributed by atoms with Crippen molar-refractivity contribution in [2.24, 2.45) is 0 Å².